The van der Waals surface area contributed by atoms with Crippen molar-refractivity contribution in [2.45, 2.75) is 13.1 Å². The maximum Gasteiger partial charge on any atom is 0.261 e. The summed E-state index contributed by atoms with van der Waals surface area (Å²) in [5.74, 6) is -0.420. The summed E-state index contributed by atoms with van der Waals surface area (Å²) in [6.45, 7) is 4.70. The van der Waals surface area contributed by atoms with E-state index in [4.69, 9.17) is 4.74 Å². The van der Waals surface area contributed by atoms with Gasteiger partial charge in [0, 0.05) is 19.6 Å². The molecule has 0 radical (unpaired) electrons. The molecule has 0 aromatic heterocycles. The molecule has 0 atom stereocenters. The van der Waals surface area contributed by atoms with Crippen molar-refractivity contribution in [2.24, 2.45) is 0 Å². The maximum atomic E-state index is 12.4. The zero-order chi connectivity index (χ0) is 17.2. The molecule has 2 aliphatic heterocycles. The Balaban J connectivity index is 1.43. The minimum absolute atomic E-state index is 0.210. The number of amides is 2. The highest BCUT2D eigenvalue weighted by molar-refractivity contribution is 6.21. The van der Waals surface area contributed by atoms with E-state index in [1.807, 2.05) is 12.1 Å². The van der Waals surface area contributed by atoms with Crippen molar-refractivity contribution in [2.75, 3.05) is 26.3 Å². The maximum absolute atomic E-state index is 12.4. The normalized spacial score (nSPS) is 17.8. The quantitative estimate of drug-likeness (QED) is 0.804. The lowest BCUT2D eigenvalue weighted by atomic mass is 10.1. The Bertz CT molecular complexity index is 760. The standard InChI is InChI=1S/C20H20N2O3/c23-19-17-3-1-2-4-18(17)20(24)22(19)14-16-7-5-15(6-8-16)13-21-9-11-25-12-10-21/h1-8H,9-14H2. The molecule has 0 aliphatic carbocycles. The van der Waals surface area contributed by atoms with Gasteiger partial charge in [0.15, 0.2) is 0 Å². The molecule has 2 heterocycles. The van der Waals surface area contributed by atoms with Gasteiger partial charge in [-0.1, -0.05) is 36.4 Å². The molecular weight excluding hydrogens is 316 g/mol. The average molecular weight is 336 g/mol. The number of hydrogen-bond acceptors (Lipinski definition) is 4. The fourth-order valence-electron chi connectivity index (χ4n) is 3.33. The van der Waals surface area contributed by atoms with Crippen molar-refractivity contribution in [3.05, 3.63) is 70.8 Å². The minimum Gasteiger partial charge on any atom is -0.379 e. The number of hydrogen-bond donors (Lipinski definition) is 0. The molecule has 5 heteroatoms. The summed E-state index contributed by atoms with van der Waals surface area (Å²) < 4.78 is 5.37. The SMILES string of the molecule is O=C1c2ccccc2C(=O)N1Cc1ccc(CN2CCOCC2)cc1. The van der Waals surface area contributed by atoms with E-state index in [1.54, 1.807) is 24.3 Å². The average Bonchev–Trinajstić information content (AvgIpc) is 2.89. The van der Waals surface area contributed by atoms with Crippen molar-refractivity contribution < 1.29 is 14.3 Å². The fourth-order valence-corrected chi connectivity index (χ4v) is 3.33. The van der Waals surface area contributed by atoms with Crippen LogP contribution in [-0.2, 0) is 17.8 Å². The number of rotatable bonds is 4. The van der Waals surface area contributed by atoms with E-state index in [1.165, 1.54) is 10.5 Å². The van der Waals surface area contributed by atoms with Crippen LogP contribution in [0, 0.1) is 0 Å². The Labute approximate surface area is 146 Å². The van der Waals surface area contributed by atoms with Crippen LogP contribution in [0.3, 0.4) is 0 Å². The number of carbonyl (C=O) groups is 2. The van der Waals surface area contributed by atoms with E-state index in [0.29, 0.717) is 17.7 Å². The Morgan fingerprint density at radius 2 is 1.28 bits per heavy atom. The van der Waals surface area contributed by atoms with Gasteiger partial charge in [-0.2, -0.15) is 0 Å². The summed E-state index contributed by atoms with van der Waals surface area (Å²) in [4.78, 5) is 28.5. The zero-order valence-corrected chi connectivity index (χ0v) is 14.0. The third-order valence-corrected chi connectivity index (χ3v) is 4.75. The number of carbonyl (C=O) groups excluding carboxylic acids is 2. The second-order valence-electron chi connectivity index (χ2n) is 6.45. The number of benzene rings is 2. The topological polar surface area (TPSA) is 49.9 Å². The molecule has 5 nitrogen and oxygen atoms in total. The van der Waals surface area contributed by atoms with Crippen LogP contribution in [0.5, 0.6) is 0 Å². The number of imide groups is 1. The van der Waals surface area contributed by atoms with Crippen LogP contribution in [0.15, 0.2) is 48.5 Å². The largest absolute Gasteiger partial charge is 0.379 e. The van der Waals surface area contributed by atoms with Crippen LogP contribution in [0.2, 0.25) is 0 Å². The van der Waals surface area contributed by atoms with E-state index in [0.717, 1.165) is 38.4 Å². The Morgan fingerprint density at radius 1 is 0.760 bits per heavy atom. The highest BCUT2D eigenvalue weighted by Crippen LogP contribution is 2.24. The molecule has 2 aromatic rings. The van der Waals surface area contributed by atoms with Crippen LogP contribution in [-0.4, -0.2) is 47.9 Å². The fraction of sp³-hybridized carbons (Fsp3) is 0.300. The Kier molecular flexibility index (Phi) is 4.34. The number of morpholine rings is 1. The molecule has 128 valence electrons. The molecule has 1 fully saturated rings. The van der Waals surface area contributed by atoms with Gasteiger partial charge in [-0.05, 0) is 23.3 Å². The summed E-state index contributed by atoms with van der Waals surface area (Å²) in [5, 5.41) is 0. The van der Waals surface area contributed by atoms with Crippen LogP contribution in [0.4, 0.5) is 0 Å². The van der Waals surface area contributed by atoms with Crippen molar-refractivity contribution in [1.82, 2.24) is 9.80 Å². The molecule has 0 spiro atoms. The first kappa shape index (κ1) is 16.0. The van der Waals surface area contributed by atoms with Crippen molar-refractivity contribution in [3.63, 3.8) is 0 Å². The van der Waals surface area contributed by atoms with Gasteiger partial charge in [0.2, 0.25) is 0 Å². The molecule has 0 N–H and O–H groups in total. The van der Waals surface area contributed by atoms with Crippen LogP contribution >= 0.6 is 0 Å². The zero-order valence-electron chi connectivity index (χ0n) is 14.0. The molecule has 2 amide bonds. The lowest BCUT2D eigenvalue weighted by molar-refractivity contribution is 0.0342. The summed E-state index contributed by atoms with van der Waals surface area (Å²) >= 11 is 0. The van der Waals surface area contributed by atoms with E-state index in [-0.39, 0.29) is 11.8 Å². The molecule has 4 rings (SSSR count). The van der Waals surface area contributed by atoms with E-state index < -0.39 is 0 Å². The second-order valence-corrected chi connectivity index (χ2v) is 6.45. The van der Waals surface area contributed by atoms with Gasteiger partial charge in [0.1, 0.15) is 0 Å². The first-order valence-electron chi connectivity index (χ1n) is 8.55. The van der Waals surface area contributed by atoms with Crippen LogP contribution < -0.4 is 0 Å². The monoisotopic (exact) mass is 336 g/mol. The van der Waals surface area contributed by atoms with E-state index in [2.05, 4.69) is 17.0 Å². The van der Waals surface area contributed by atoms with Gasteiger partial charge >= 0.3 is 0 Å². The number of ether oxygens (including phenoxy) is 1. The highest BCUT2D eigenvalue weighted by atomic mass is 16.5. The molecule has 2 aromatic carbocycles. The van der Waals surface area contributed by atoms with Crippen molar-refractivity contribution in [1.29, 1.82) is 0 Å². The first-order valence-corrected chi connectivity index (χ1v) is 8.55. The number of fused-ring (bicyclic) bond motifs is 1. The molecule has 0 bridgehead atoms. The summed E-state index contributed by atoms with van der Waals surface area (Å²) in [6.07, 6.45) is 0. The molecule has 0 unspecified atom stereocenters. The highest BCUT2D eigenvalue weighted by Gasteiger charge is 2.34. The third-order valence-electron chi connectivity index (χ3n) is 4.75. The van der Waals surface area contributed by atoms with Gasteiger partial charge in [-0.25, -0.2) is 0 Å². The van der Waals surface area contributed by atoms with Crippen molar-refractivity contribution in [3.8, 4) is 0 Å². The molecular formula is C20H20N2O3. The molecule has 2 aliphatic rings. The van der Waals surface area contributed by atoms with Crippen LogP contribution in [0.1, 0.15) is 31.8 Å². The predicted molar refractivity (Wildman–Crippen MR) is 93.2 cm³/mol. The summed E-state index contributed by atoms with van der Waals surface area (Å²) in [6, 6.07) is 15.1. The van der Waals surface area contributed by atoms with Gasteiger partial charge in [-0.15, -0.1) is 0 Å². The lowest BCUT2D eigenvalue weighted by Crippen LogP contribution is -2.35. The third kappa shape index (κ3) is 3.21. The molecule has 0 saturated carbocycles. The molecule has 25 heavy (non-hydrogen) atoms. The van der Waals surface area contributed by atoms with Gasteiger partial charge < -0.3 is 4.74 Å². The van der Waals surface area contributed by atoms with Crippen molar-refractivity contribution >= 4 is 11.8 Å². The second kappa shape index (κ2) is 6.78. The van der Waals surface area contributed by atoms with E-state index >= 15 is 0 Å². The Hall–Kier alpha value is -2.50. The van der Waals surface area contributed by atoms with E-state index in [9.17, 15) is 9.59 Å². The number of nitrogens with zero attached hydrogens (tertiary/aromatic N) is 2. The summed E-state index contributed by atoms with van der Waals surface area (Å²) in [5.41, 5.74) is 3.18. The first-order chi connectivity index (χ1) is 12.2. The van der Waals surface area contributed by atoms with Gasteiger partial charge in [0.05, 0.1) is 30.9 Å². The Morgan fingerprint density at radius 3 is 1.84 bits per heavy atom. The smallest absolute Gasteiger partial charge is 0.261 e. The lowest BCUT2D eigenvalue weighted by Gasteiger charge is -2.26. The molecule has 1 saturated heterocycles. The van der Waals surface area contributed by atoms with Gasteiger partial charge in [-0.3, -0.25) is 19.4 Å². The predicted octanol–water partition coefficient (Wildman–Crippen LogP) is 2.32. The summed E-state index contributed by atoms with van der Waals surface area (Å²) in [7, 11) is 0. The minimum atomic E-state index is -0.210. The van der Waals surface area contributed by atoms with Crippen LogP contribution in [0.25, 0.3) is 0 Å². The van der Waals surface area contributed by atoms with Gasteiger partial charge in [0.25, 0.3) is 11.8 Å².